The van der Waals surface area contributed by atoms with Gasteiger partial charge in [0.1, 0.15) is 23.3 Å². The SMILES string of the molecule is Cc1nc(C)c(Cc2ccccc2)c(Nc2c(C#N)cnn2-c2ccc3ccccc3n2)n1. The summed E-state index contributed by atoms with van der Waals surface area (Å²) in [6.07, 6.45) is 2.20. The van der Waals surface area contributed by atoms with Crippen molar-refractivity contribution in [1.82, 2.24) is 24.7 Å². The summed E-state index contributed by atoms with van der Waals surface area (Å²) in [5.41, 5.74) is 4.27. The van der Waals surface area contributed by atoms with E-state index < -0.39 is 0 Å². The van der Waals surface area contributed by atoms with Crippen LogP contribution < -0.4 is 5.32 Å². The highest BCUT2D eigenvalue weighted by molar-refractivity contribution is 5.79. The highest BCUT2D eigenvalue weighted by Gasteiger charge is 2.18. The van der Waals surface area contributed by atoms with Crippen LogP contribution in [0, 0.1) is 25.2 Å². The predicted octanol–water partition coefficient (Wildman–Crippen LogP) is 5.03. The van der Waals surface area contributed by atoms with Gasteiger partial charge < -0.3 is 5.32 Å². The lowest BCUT2D eigenvalue weighted by Gasteiger charge is -2.15. The van der Waals surface area contributed by atoms with Crippen molar-refractivity contribution in [3.8, 4) is 11.9 Å². The van der Waals surface area contributed by atoms with Crippen LogP contribution in [0.5, 0.6) is 0 Å². The molecule has 0 unspecified atom stereocenters. The fourth-order valence-electron chi connectivity index (χ4n) is 3.86. The average molecular weight is 432 g/mol. The fraction of sp³-hybridized carbons (Fsp3) is 0.115. The summed E-state index contributed by atoms with van der Waals surface area (Å²) >= 11 is 0. The van der Waals surface area contributed by atoms with Crippen molar-refractivity contribution in [2.45, 2.75) is 20.3 Å². The van der Waals surface area contributed by atoms with E-state index in [1.165, 1.54) is 6.20 Å². The first-order valence-corrected chi connectivity index (χ1v) is 10.6. The minimum atomic E-state index is 0.407. The van der Waals surface area contributed by atoms with E-state index in [1.54, 1.807) is 4.68 Å². The van der Waals surface area contributed by atoms with Gasteiger partial charge in [0.2, 0.25) is 0 Å². The van der Waals surface area contributed by atoms with E-state index >= 15 is 0 Å². The van der Waals surface area contributed by atoms with Crippen LogP contribution in [-0.4, -0.2) is 24.7 Å². The van der Waals surface area contributed by atoms with Crippen LogP contribution in [0.1, 0.15) is 28.2 Å². The number of nitriles is 1. The van der Waals surface area contributed by atoms with Gasteiger partial charge in [0.25, 0.3) is 0 Å². The van der Waals surface area contributed by atoms with E-state index in [-0.39, 0.29) is 0 Å². The number of benzene rings is 2. The first kappa shape index (κ1) is 20.3. The molecule has 7 heteroatoms. The van der Waals surface area contributed by atoms with Crippen LogP contribution in [0.25, 0.3) is 16.7 Å². The van der Waals surface area contributed by atoms with Gasteiger partial charge in [-0.25, -0.2) is 15.0 Å². The molecule has 0 saturated heterocycles. The Hall–Kier alpha value is -4.57. The minimum Gasteiger partial charge on any atom is -0.323 e. The Morgan fingerprint density at radius 3 is 2.52 bits per heavy atom. The minimum absolute atomic E-state index is 0.407. The molecular weight excluding hydrogens is 410 g/mol. The van der Waals surface area contributed by atoms with Gasteiger partial charge in [-0.15, -0.1) is 0 Å². The second-order valence-electron chi connectivity index (χ2n) is 7.76. The number of rotatable bonds is 5. The lowest BCUT2D eigenvalue weighted by Crippen LogP contribution is -2.10. The van der Waals surface area contributed by atoms with Crippen molar-refractivity contribution in [1.29, 1.82) is 5.26 Å². The Labute approximate surface area is 191 Å². The predicted molar refractivity (Wildman–Crippen MR) is 128 cm³/mol. The van der Waals surface area contributed by atoms with Gasteiger partial charge in [0, 0.05) is 23.1 Å². The molecule has 33 heavy (non-hydrogen) atoms. The molecule has 0 amide bonds. The smallest absolute Gasteiger partial charge is 0.156 e. The normalized spacial score (nSPS) is 10.8. The van der Waals surface area contributed by atoms with Gasteiger partial charge in [0.15, 0.2) is 11.6 Å². The Morgan fingerprint density at radius 2 is 1.70 bits per heavy atom. The van der Waals surface area contributed by atoms with Crippen LogP contribution in [0.4, 0.5) is 11.6 Å². The maximum Gasteiger partial charge on any atom is 0.156 e. The molecule has 1 N–H and O–H groups in total. The molecule has 0 spiro atoms. The third-order valence-electron chi connectivity index (χ3n) is 5.48. The van der Waals surface area contributed by atoms with E-state index in [0.717, 1.165) is 27.7 Å². The summed E-state index contributed by atoms with van der Waals surface area (Å²) in [7, 11) is 0. The van der Waals surface area contributed by atoms with Crippen LogP contribution in [0.3, 0.4) is 0 Å². The first-order chi connectivity index (χ1) is 16.1. The molecular formula is C26H21N7. The van der Waals surface area contributed by atoms with Gasteiger partial charge in [0.05, 0.1) is 11.7 Å². The monoisotopic (exact) mass is 431 g/mol. The number of anilines is 2. The van der Waals surface area contributed by atoms with E-state index in [1.807, 2.05) is 68.4 Å². The van der Waals surface area contributed by atoms with E-state index in [9.17, 15) is 5.26 Å². The lowest BCUT2D eigenvalue weighted by molar-refractivity contribution is 0.857. The fourth-order valence-corrected chi connectivity index (χ4v) is 3.86. The van der Waals surface area contributed by atoms with Gasteiger partial charge in [-0.2, -0.15) is 15.0 Å². The van der Waals surface area contributed by atoms with Crippen molar-refractivity contribution in [2.75, 3.05) is 5.32 Å². The number of hydrogen-bond donors (Lipinski definition) is 1. The Balaban J connectivity index is 1.60. The van der Waals surface area contributed by atoms with Gasteiger partial charge in [-0.1, -0.05) is 48.5 Å². The largest absolute Gasteiger partial charge is 0.323 e. The molecule has 0 aliphatic rings. The molecule has 5 rings (SSSR count). The third kappa shape index (κ3) is 4.02. The Bertz CT molecular complexity index is 1500. The molecule has 0 aliphatic heterocycles. The van der Waals surface area contributed by atoms with Gasteiger partial charge >= 0.3 is 0 Å². The van der Waals surface area contributed by atoms with Gasteiger partial charge in [-0.3, -0.25) is 0 Å². The van der Waals surface area contributed by atoms with Crippen molar-refractivity contribution in [3.05, 3.63) is 101 Å². The summed E-state index contributed by atoms with van der Waals surface area (Å²) in [5, 5.41) is 18.6. The number of nitrogens with zero attached hydrogens (tertiary/aromatic N) is 6. The van der Waals surface area contributed by atoms with Crippen LogP contribution in [0.2, 0.25) is 0 Å². The molecule has 3 heterocycles. The van der Waals surface area contributed by atoms with E-state index in [2.05, 4.69) is 38.6 Å². The second kappa shape index (κ2) is 8.52. The maximum absolute atomic E-state index is 9.75. The molecule has 2 aromatic carbocycles. The van der Waals surface area contributed by atoms with Crippen molar-refractivity contribution < 1.29 is 0 Å². The number of fused-ring (bicyclic) bond motifs is 1. The Kier molecular flexibility index (Phi) is 5.25. The molecule has 0 saturated carbocycles. The van der Waals surface area contributed by atoms with Crippen LogP contribution in [0.15, 0.2) is 72.9 Å². The zero-order chi connectivity index (χ0) is 22.8. The first-order valence-electron chi connectivity index (χ1n) is 10.6. The van der Waals surface area contributed by atoms with Crippen LogP contribution >= 0.6 is 0 Å². The van der Waals surface area contributed by atoms with Crippen molar-refractivity contribution in [3.63, 3.8) is 0 Å². The number of hydrogen-bond acceptors (Lipinski definition) is 6. The van der Waals surface area contributed by atoms with Crippen molar-refractivity contribution in [2.24, 2.45) is 0 Å². The standard InChI is InChI=1S/C26H21N7/c1-17-22(14-19-8-4-3-5-9-19)25(30-18(2)29-17)32-26-21(15-27)16-28-33(26)24-13-12-20-10-6-7-11-23(20)31-24/h3-13,16H,14H2,1-2H3,(H,29,30,32). The second-order valence-corrected chi connectivity index (χ2v) is 7.76. The molecule has 0 bridgehead atoms. The summed E-state index contributed by atoms with van der Waals surface area (Å²) in [6, 6.07) is 24.2. The number of pyridine rings is 1. The van der Waals surface area contributed by atoms with Crippen molar-refractivity contribution >= 4 is 22.5 Å². The quantitative estimate of drug-likeness (QED) is 0.419. The molecule has 0 fully saturated rings. The number of para-hydroxylation sites is 1. The number of nitrogens with one attached hydrogen (secondary N) is 1. The summed E-state index contributed by atoms with van der Waals surface area (Å²) in [6.45, 7) is 3.84. The number of aryl methyl sites for hydroxylation is 2. The molecule has 0 aliphatic carbocycles. The molecule has 7 nitrogen and oxygen atoms in total. The number of aromatic nitrogens is 5. The highest BCUT2D eigenvalue weighted by atomic mass is 15.4. The van der Waals surface area contributed by atoms with Crippen LogP contribution in [-0.2, 0) is 6.42 Å². The lowest BCUT2D eigenvalue weighted by atomic mass is 10.0. The van der Waals surface area contributed by atoms with E-state index in [4.69, 9.17) is 4.98 Å². The maximum atomic E-state index is 9.75. The topological polar surface area (TPSA) is 92.3 Å². The molecule has 0 radical (unpaired) electrons. The third-order valence-corrected chi connectivity index (χ3v) is 5.48. The molecule has 3 aromatic heterocycles. The van der Waals surface area contributed by atoms with Gasteiger partial charge in [-0.05, 0) is 37.6 Å². The molecule has 0 atom stereocenters. The summed E-state index contributed by atoms with van der Waals surface area (Å²) in [4.78, 5) is 14.0. The zero-order valence-corrected chi connectivity index (χ0v) is 18.3. The molecule has 160 valence electrons. The summed E-state index contributed by atoms with van der Waals surface area (Å²) in [5.74, 6) is 2.44. The summed E-state index contributed by atoms with van der Waals surface area (Å²) < 4.78 is 1.64. The molecule has 5 aromatic rings. The zero-order valence-electron chi connectivity index (χ0n) is 18.3. The average Bonchev–Trinajstić information content (AvgIpc) is 3.24. The highest BCUT2D eigenvalue weighted by Crippen LogP contribution is 2.28. The Morgan fingerprint density at radius 1 is 0.909 bits per heavy atom. The van der Waals surface area contributed by atoms with E-state index in [0.29, 0.717) is 35.3 Å².